The van der Waals surface area contributed by atoms with E-state index in [4.69, 9.17) is 4.74 Å². The third kappa shape index (κ3) is 5.30. The smallest absolute Gasteiger partial charge is 0.349 e. The van der Waals surface area contributed by atoms with Crippen LogP contribution < -0.4 is 0 Å². The van der Waals surface area contributed by atoms with Crippen LogP contribution in [-0.2, 0) is 22.6 Å². The molecule has 0 aliphatic heterocycles. The monoisotopic (exact) mass is 393 g/mol. The first-order valence-electron chi connectivity index (χ1n) is 9.17. The zero-order valence-corrected chi connectivity index (χ0v) is 16.8. The molecular formula is C23H23NO3S. The molecule has 0 spiro atoms. The van der Waals surface area contributed by atoms with Crippen LogP contribution >= 0.6 is 11.3 Å². The van der Waals surface area contributed by atoms with E-state index in [0.29, 0.717) is 18.0 Å². The van der Waals surface area contributed by atoms with Gasteiger partial charge >= 0.3 is 5.97 Å². The lowest BCUT2D eigenvalue weighted by Crippen LogP contribution is -2.39. The van der Waals surface area contributed by atoms with Crippen molar-refractivity contribution in [2.24, 2.45) is 0 Å². The molecule has 2 aromatic carbocycles. The number of hydrogen-bond donors (Lipinski definition) is 0. The van der Waals surface area contributed by atoms with Crippen LogP contribution in [0, 0.1) is 6.92 Å². The first-order valence-corrected chi connectivity index (χ1v) is 9.98. The van der Waals surface area contributed by atoms with Crippen molar-refractivity contribution in [2.45, 2.75) is 33.0 Å². The maximum Gasteiger partial charge on any atom is 0.349 e. The second kappa shape index (κ2) is 9.33. The number of aryl methyl sites for hydroxylation is 1. The molecule has 1 atom stereocenters. The number of esters is 1. The molecule has 5 heteroatoms. The van der Waals surface area contributed by atoms with Crippen LogP contribution in [0.3, 0.4) is 0 Å². The van der Waals surface area contributed by atoms with Gasteiger partial charge in [-0.1, -0.05) is 60.7 Å². The van der Waals surface area contributed by atoms with Crippen LogP contribution in [0.1, 0.15) is 32.6 Å². The molecule has 28 heavy (non-hydrogen) atoms. The number of carbonyl (C=O) groups is 2. The van der Waals surface area contributed by atoms with Crippen LogP contribution in [0.5, 0.6) is 0 Å². The second-order valence-electron chi connectivity index (χ2n) is 6.62. The van der Waals surface area contributed by atoms with E-state index in [1.165, 1.54) is 11.3 Å². The molecule has 4 nitrogen and oxygen atoms in total. The third-order valence-electron chi connectivity index (χ3n) is 4.32. The molecule has 0 radical (unpaired) electrons. The van der Waals surface area contributed by atoms with E-state index in [9.17, 15) is 9.59 Å². The Morgan fingerprint density at radius 1 is 0.893 bits per heavy atom. The van der Waals surface area contributed by atoms with Gasteiger partial charge in [-0.2, -0.15) is 0 Å². The highest BCUT2D eigenvalue weighted by Crippen LogP contribution is 2.18. The zero-order chi connectivity index (χ0) is 19.9. The number of ether oxygens (including phenoxy) is 1. The van der Waals surface area contributed by atoms with E-state index in [0.717, 1.165) is 16.0 Å². The lowest BCUT2D eigenvalue weighted by Gasteiger charge is -2.26. The Morgan fingerprint density at radius 2 is 1.43 bits per heavy atom. The predicted octanol–water partition coefficient (Wildman–Crippen LogP) is 4.83. The fourth-order valence-corrected chi connectivity index (χ4v) is 3.64. The Hall–Kier alpha value is -2.92. The lowest BCUT2D eigenvalue weighted by molar-refractivity contribution is -0.141. The van der Waals surface area contributed by atoms with Crippen LogP contribution in [0.4, 0.5) is 0 Å². The highest BCUT2D eigenvalue weighted by Gasteiger charge is 2.25. The van der Waals surface area contributed by atoms with Gasteiger partial charge in [0.1, 0.15) is 4.88 Å². The van der Waals surface area contributed by atoms with Gasteiger partial charge in [0.05, 0.1) is 0 Å². The van der Waals surface area contributed by atoms with E-state index in [-0.39, 0.29) is 5.91 Å². The number of benzene rings is 2. The van der Waals surface area contributed by atoms with E-state index >= 15 is 0 Å². The first kappa shape index (κ1) is 19.8. The fraction of sp³-hybridized carbons (Fsp3) is 0.217. The molecule has 3 aromatic rings. The maximum absolute atomic E-state index is 13.1. The van der Waals surface area contributed by atoms with Crippen LogP contribution in [0.15, 0.2) is 72.8 Å². The van der Waals surface area contributed by atoms with Crippen LogP contribution in [0.25, 0.3) is 0 Å². The Labute approximate surface area is 169 Å². The first-order chi connectivity index (χ1) is 13.5. The quantitative estimate of drug-likeness (QED) is 0.540. The Morgan fingerprint density at radius 3 is 1.89 bits per heavy atom. The highest BCUT2D eigenvalue weighted by molar-refractivity contribution is 7.13. The summed E-state index contributed by atoms with van der Waals surface area (Å²) in [5.41, 5.74) is 2.05. The van der Waals surface area contributed by atoms with Crippen LogP contribution in [0.2, 0.25) is 0 Å². The average Bonchev–Trinajstić information content (AvgIpc) is 3.15. The van der Waals surface area contributed by atoms with Gasteiger partial charge in [-0.15, -0.1) is 11.3 Å². The Balaban J connectivity index is 1.73. The summed E-state index contributed by atoms with van der Waals surface area (Å²) < 4.78 is 5.45. The molecule has 1 heterocycles. The number of amides is 1. The van der Waals surface area contributed by atoms with Gasteiger partial charge in [0.15, 0.2) is 6.10 Å². The normalized spacial score (nSPS) is 11.6. The third-order valence-corrected chi connectivity index (χ3v) is 5.30. The van der Waals surface area contributed by atoms with Gasteiger partial charge in [0.25, 0.3) is 5.91 Å². The van der Waals surface area contributed by atoms with Crippen molar-refractivity contribution >= 4 is 23.2 Å². The fourth-order valence-electron chi connectivity index (χ4n) is 2.89. The summed E-state index contributed by atoms with van der Waals surface area (Å²) in [6.07, 6.45) is -0.859. The Kier molecular flexibility index (Phi) is 6.61. The van der Waals surface area contributed by atoms with Gasteiger partial charge in [-0.05, 0) is 37.1 Å². The summed E-state index contributed by atoms with van der Waals surface area (Å²) in [5.74, 6) is -0.673. The van der Waals surface area contributed by atoms with Gasteiger partial charge < -0.3 is 9.64 Å². The molecule has 1 amide bonds. The SMILES string of the molecule is Cc1ccc(C(=O)O[C@@H](C)C(=O)N(Cc2ccccc2)Cc2ccccc2)s1. The number of thiophene rings is 1. The summed E-state index contributed by atoms with van der Waals surface area (Å²) in [6, 6.07) is 23.2. The molecule has 3 rings (SSSR count). The largest absolute Gasteiger partial charge is 0.448 e. The molecule has 0 fully saturated rings. The van der Waals surface area contributed by atoms with Gasteiger partial charge in [-0.3, -0.25) is 4.79 Å². The number of hydrogen-bond acceptors (Lipinski definition) is 4. The minimum atomic E-state index is -0.859. The van der Waals surface area contributed by atoms with Gasteiger partial charge in [0.2, 0.25) is 0 Å². The minimum Gasteiger partial charge on any atom is -0.448 e. The number of rotatable bonds is 7. The summed E-state index contributed by atoms with van der Waals surface area (Å²) in [6.45, 7) is 4.46. The summed E-state index contributed by atoms with van der Waals surface area (Å²) in [5, 5.41) is 0. The van der Waals surface area contributed by atoms with Crippen molar-refractivity contribution in [2.75, 3.05) is 0 Å². The molecular weight excluding hydrogens is 370 g/mol. The van der Waals surface area contributed by atoms with E-state index < -0.39 is 12.1 Å². The van der Waals surface area contributed by atoms with E-state index in [1.54, 1.807) is 17.9 Å². The molecule has 0 aliphatic rings. The highest BCUT2D eigenvalue weighted by atomic mass is 32.1. The van der Waals surface area contributed by atoms with Crippen molar-refractivity contribution in [1.82, 2.24) is 4.90 Å². The standard InChI is InChI=1S/C23H23NO3S/c1-17-13-14-21(28-17)23(26)27-18(2)22(25)24(15-19-9-5-3-6-10-19)16-20-11-7-4-8-12-20/h3-14,18H,15-16H2,1-2H3/t18-/m0/s1. The molecule has 0 bridgehead atoms. The summed E-state index contributed by atoms with van der Waals surface area (Å²) in [7, 11) is 0. The topological polar surface area (TPSA) is 46.6 Å². The summed E-state index contributed by atoms with van der Waals surface area (Å²) >= 11 is 1.36. The van der Waals surface area contributed by atoms with Gasteiger partial charge in [-0.25, -0.2) is 4.79 Å². The molecule has 0 unspecified atom stereocenters. The summed E-state index contributed by atoms with van der Waals surface area (Å²) in [4.78, 5) is 28.7. The molecule has 0 saturated carbocycles. The second-order valence-corrected chi connectivity index (χ2v) is 7.91. The van der Waals surface area contributed by atoms with Crippen molar-refractivity contribution in [3.63, 3.8) is 0 Å². The molecule has 1 aromatic heterocycles. The van der Waals surface area contributed by atoms with Crippen molar-refractivity contribution in [1.29, 1.82) is 0 Å². The van der Waals surface area contributed by atoms with Crippen molar-refractivity contribution in [3.8, 4) is 0 Å². The van der Waals surface area contributed by atoms with Crippen molar-refractivity contribution < 1.29 is 14.3 Å². The minimum absolute atomic E-state index is 0.214. The molecule has 0 aliphatic carbocycles. The van der Waals surface area contributed by atoms with Crippen molar-refractivity contribution in [3.05, 3.63) is 93.7 Å². The van der Waals surface area contributed by atoms with Gasteiger partial charge in [0, 0.05) is 18.0 Å². The average molecular weight is 394 g/mol. The molecule has 0 saturated heterocycles. The Bertz CT molecular complexity index is 880. The zero-order valence-electron chi connectivity index (χ0n) is 16.0. The number of carbonyl (C=O) groups excluding carboxylic acids is 2. The molecule has 144 valence electrons. The molecule has 0 N–H and O–H groups in total. The predicted molar refractivity (Wildman–Crippen MR) is 111 cm³/mol. The maximum atomic E-state index is 13.1. The van der Waals surface area contributed by atoms with E-state index in [1.807, 2.05) is 73.7 Å². The van der Waals surface area contributed by atoms with Crippen LogP contribution in [-0.4, -0.2) is 22.9 Å². The lowest BCUT2D eigenvalue weighted by atomic mass is 10.1. The number of nitrogens with zero attached hydrogens (tertiary/aromatic N) is 1. The van der Waals surface area contributed by atoms with E-state index in [2.05, 4.69) is 0 Å².